The third-order valence-corrected chi connectivity index (χ3v) is 4.24. The van der Waals surface area contributed by atoms with Gasteiger partial charge in [-0.3, -0.25) is 14.5 Å². The second kappa shape index (κ2) is 5.57. The summed E-state index contributed by atoms with van der Waals surface area (Å²) in [4.78, 5) is 28.3. The van der Waals surface area contributed by atoms with Crippen molar-refractivity contribution in [1.29, 1.82) is 0 Å². The molecule has 5 nitrogen and oxygen atoms in total. The number of likely N-dealkylation sites (N-methyl/N-ethyl adjacent to an activating group) is 1. The molecule has 1 saturated heterocycles. The number of ether oxygens (including phenoxy) is 1. The molecule has 1 aromatic carbocycles. The van der Waals surface area contributed by atoms with Crippen LogP contribution in [0, 0.1) is 13.8 Å². The minimum Gasteiger partial charge on any atom is -0.378 e. The van der Waals surface area contributed by atoms with Gasteiger partial charge < -0.3 is 9.64 Å². The van der Waals surface area contributed by atoms with E-state index in [1.807, 2.05) is 36.9 Å². The van der Waals surface area contributed by atoms with Gasteiger partial charge in [-0.15, -0.1) is 0 Å². The normalized spacial score (nSPS) is 19.4. The van der Waals surface area contributed by atoms with Crippen molar-refractivity contribution in [1.82, 2.24) is 9.80 Å². The largest absolute Gasteiger partial charge is 0.378 e. The van der Waals surface area contributed by atoms with Crippen LogP contribution in [-0.2, 0) is 14.3 Å². The maximum absolute atomic E-state index is 12.6. The summed E-state index contributed by atoms with van der Waals surface area (Å²) in [5.74, 6) is -0.444. The molecule has 2 amide bonds. The van der Waals surface area contributed by atoms with Crippen molar-refractivity contribution < 1.29 is 14.3 Å². The lowest BCUT2D eigenvalue weighted by Gasteiger charge is -2.29. The molecule has 2 heterocycles. The second-order valence-electron chi connectivity index (χ2n) is 5.81. The summed E-state index contributed by atoms with van der Waals surface area (Å²) < 4.78 is 5.35. The fraction of sp³-hybridized carbons (Fsp3) is 0.412. The number of rotatable bonds is 2. The Morgan fingerprint density at radius 2 is 1.73 bits per heavy atom. The molecule has 116 valence electrons. The molecule has 0 aliphatic carbocycles. The van der Waals surface area contributed by atoms with Crippen LogP contribution in [0.4, 0.5) is 0 Å². The van der Waals surface area contributed by atoms with Crippen LogP contribution < -0.4 is 0 Å². The van der Waals surface area contributed by atoms with Crippen molar-refractivity contribution in [2.24, 2.45) is 0 Å². The fourth-order valence-electron chi connectivity index (χ4n) is 3.04. The van der Waals surface area contributed by atoms with Crippen LogP contribution in [0.25, 0.3) is 5.57 Å². The van der Waals surface area contributed by atoms with Crippen molar-refractivity contribution in [3.63, 3.8) is 0 Å². The smallest absolute Gasteiger partial charge is 0.277 e. The molecule has 3 rings (SSSR count). The molecule has 0 spiro atoms. The van der Waals surface area contributed by atoms with E-state index in [4.69, 9.17) is 4.74 Å². The van der Waals surface area contributed by atoms with E-state index in [0.717, 1.165) is 16.7 Å². The fourth-order valence-corrected chi connectivity index (χ4v) is 3.04. The molecule has 0 saturated carbocycles. The SMILES string of the molecule is Cc1ccc(C2=C(N3CCOCC3)C(=O)N(C)C2=O)c(C)c1. The first-order valence-corrected chi connectivity index (χ1v) is 7.47. The molecule has 2 aliphatic rings. The third kappa shape index (κ3) is 2.31. The van der Waals surface area contributed by atoms with Gasteiger partial charge in [0.2, 0.25) is 0 Å². The third-order valence-electron chi connectivity index (χ3n) is 4.24. The van der Waals surface area contributed by atoms with Crippen molar-refractivity contribution >= 4 is 17.4 Å². The van der Waals surface area contributed by atoms with Gasteiger partial charge in [0.25, 0.3) is 11.8 Å². The molecule has 22 heavy (non-hydrogen) atoms. The van der Waals surface area contributed by atoms with Crippen molar-refractivity contribution in [2.45, 2.75) is 13.8 Å². The molecule has 0 aromatic heterocycles. The zero-order valence-electron chi connectivity index (χ0n) is 13.2. The van der Waals surface area contributed by atoms with Gasteiger partial charge in [-0.25, -0.2) is 0 Å². The lowest BCUT2D eigenvalue weighted by atomic mass is 9.97. The molecule has 0 bridgehead atoms. The Kier molecular flexibility index (Phi) is 3.74. The number of hydrogen-bond acceptors (Lipinski definition) is 4. The van der Waals surface area contributed by atoms with Crippen molar-refractivity contribution in [3.05, 3.63) is 40.6 Å². The van der Waals surface area contributed by atoms with Crippen LogP contribution >= 0.6 is 0 Å². The number of carbonyl (C=O) groups excluding carboxylic acids is 2. The van der Waals surface area contributed by atoms with Gasteiger partial charge in [0.15, 0.2) is 0 Å². The van der Waals surface area contributed by atoms with Crippen LogP contribution in [0.2, 0.25) is 0 Å². The van der Waals surface area contributed by atoms with Gasteiger partial charge in [-0.05, 0) is 25.0 Å². The Morgan fingerprint density at radius 1 is 1.05 bits per heavy atom. The summed E-state index contributed by atoms with van der Waals surface area (Å²) in [6.45, 7) is 6.42. The predicted molar refractivity (Wildman–Crippen MR) is 83.0 cm³/mol. The monoisotopic (exact) mass is 300 g/mol. The first kappa shape index (κ1) is 14.8. The number of nitrogens with zero attached hydrogens (tertiary/aromatic N) is 2. The van der Waals surface area contributed by atoms with Crippen LogP contribution in [0.3, 0.4) is 0 Å². The second-order valence-corrected chi connectivity index (χ2v) is 5.81. The molecule has 5 heteroatoms. The van der Waals surface area contributed by atoms with Gasteiger partial charge in [-0.2, -0.15) is 0 Å². The topological polar surface area (TPSA) is 49.9 Å². The predicted octanol–water partition coefficient (Wildman–Crippen LogP) is 1.35. The van der Waals surface area contributed by atoms with Gasteiger partial charge in [0.05, 0.1) is 18.8 Å². The van der Waals surface area contributed by atoms with E-state index < -0.39 is 0 Å². The summed E-state index contributed by atoms with van der Waals surface area (Å²) in [6.07, 6.45) is 0. The molecule has 1 aromatic rings. The highest BCUT2D eigenvalue weighted by atomic mass is 16.5. The molecule has 0 unspecified atom stereocenters. The van der Waals surface area contributed by atoms with E-state index in [1.54, 1.807) is 7.05 Å². The number of amides is 2. The number of aryl methyl sites for hydroxylation is 2. The van der Waals surface area contributed by atoms with E-state index in [0.29, 0.717) is 37.6 Å². The minimum absolute atomic E-state index is 0.220. The zero-order chi connectivity index (χ0) is 15.9. The Balaban J connectivity index is 2.14. The first-order valence-electron chi connectivity index (χ1n) is 7.47. The summed E-state index contributed by atoms with van der Waals surface area (Å²) in [7, 11) is 1.54. The summed E-state index contributed by atoms with van der Waals surface area (Å²) in [6, 6.07) is 5.95. The standard InChI is InChI=1S/C17H20N2O3/c1-11-4-5-13(12(2)10-11)14-15(17(21)18(3)16(14)20)19-6-8-22-9-7-19/h4-5,10H,6-9H2,1-3H3. The van der Waals surface area contributed by atoms with E-state index in [1.165, 1.54) is 4.90 Å². The zero-order valence-corrected chi connectivity index (χ0v) is 13.2. The average Bonchev–Trinajstić information content (AvgIpc) is 2.73. The van der Waals surface area contributed by atoms with Gasteiger partial charge in [-0.1, -0.05) is 23.8 Å². The van der Waals surface area contributed by atoms with Crippen molar-refractivity contribution in [2.75, 3.05) is 33.4 Å². The number of benzene rings is 1. The lowest BCUT2D eigenvalue weighted by Crippen LogP contribution is -2.39. The Bertz CT molecular complexity index is 672. The average molecular weight is 300 g/mol. The highest BCUT2D eigenvalue weighted by Gasteiger charge is 2.40. The highest BCUT2D eigenvalue weighted by molar-refractivity contribution is 6.35. The van der Waals surface area contributed by atoms with Crippen molar-refractivity contribution in [3.8, 4) is 0 Å². The summed E-state index contributed by atoms with van der Waals surface area (Å²) in [5, 5.41) is 0. The number of hydrogen-bond donors (Lipinski definition) is 0. The molecular formula is C17H20N2O3. The maximum atomic E-state index is 12.6. The van der Waals surface area contributed by atoms with E-state index in [9.17, 15) is 9.59 Å². The van der Waals surface area contributed by atoms with Crippen LogP contribution in [-0.4, -0.2) is 55.0 Å². The first-order chi connectivity index (χ1) is 10.5. The van der Waals surface area contributed by atoms with Crippen LogP contribution in [0.15, 0.2) is 23.9 Å². The summed E-state index contributed by atoms with van der Waals surface area (Å²) in [5.41, 5.74) is 4.03. The number of imide groups is 1. The highest BCUT2D eigenvalue weighted by Crippen LogP contribution is 2.33. The molecular weight excluding hydrogens is 280 g/mol. The Hall–Kier alpha value is -2.14. The number of carbonyl (C=O) groups is 2. The van der Waals surface area contributed by atoms with Gasteiger partial charge in [0, 0.05) is 20.1 Å². The molecule has 0 radical (unpaired) electrons. The molecule has 1 fully saturated rings. The lowest BCUT2D eigenvalue weighted by molar-refractivity contribution is -0.136. The maximum Gasteiger partial charge on any atom is 0.277 e. The van der Waals surface area contributed by atoms with Crippen LogP contribution in [0.5, 0.6) is 0 Å². The Labute approximate surface area is 130 Å². The minimum atomic E-state index is -0.224. The van der Waals surface area contributed by atoms with Gasteiger partial charge >= 0.3 is 0 Å². The van der Waals surface area contributed by atoms with E-state index in [-0.39, 0.29) is 11.8 Å². The molecule has 0 atom stereocenters. The quantitative estimate of drug-likeness (QED) is 0.774. The van der Waals surface area contributed by atoms with Crippen LogP contribution in [0.1, 0.15) is 16.7 Å². The van der Waals surface area contributed by atoms with E-state index >= 15 is 0 Å². The van der Waals surface area contributed by atoms with E-state index in [2.05, 4.69) is 0 Å². The molecule has 2 aliphatic heterocycles. The number of morpholine rings is 1. The molecule has 0 N–H and O–H groups in total. The summed E-state index contributed by atoms with van der Waals surface area (Å²) >= 11 is 0. The van der Waals surface area contributed by atoms with Gasteiger partial charge in [0.1, 0.15) is 5.70 Å². The Morgan fingerprint density at radius 3 is 2.36 bits per heavy atom.